The summed E-state index contributed by atoms with van der Waals surface area (Å²) in [5, 5.41) is 8.79. The molecule has 0 aliphatic rings. The molecule has 0 saturated heterocycles. The predicted octanol–water partition coefficient (Wildman–Crippen LogP) is 3.41. The van der Waals surface area contributed by atoms with E-state index in [1.165, 1.54) is 11.3 Å². The van der Waals surface area contributed by atoms with E-state index in [1.54, 1.807) is 0 Å². The van der Waals surface area contributed by atoms with Gasteiger partial charge in [0.1, 0.15) is 4.88 Å². The average Bonchev–Trinajstić information content (AvgIpc) is 2.29. The summed E-state index contributed by atoms with van der Waals surface area (Å²) in [6.45, 7) is 4.24. The SMILES string of the molecule is CC(C)Cc1cc(Br)c(C(=O)O)s1. The number of hydrogen-bond acceptors (Lipinski definition) is 2. The second-order valence-corrected chi connectivity index (χ2v) is 5.28. The van der Waals surface area contributed by atoms with Crippen LogP contribution in [0.4, 0.5) is 0 Å². The summed E-state index contributed by atoms with van der Waals surface area (Å²) >= 11 is 4.59. The number of halogens is 1. The molecule has 0 amide bonds. The summed E-state index contributed by atoms with van der Waals surface area (Å²) in [5.74, 6) is -0.293. The van der Waals surface area contributed by atoms with Crippen LogP contribution in [0.15, 0.2) is 10.5 Å². The number of carbonyl (C=O) groups is 1. The Hall–Kier alpha value is -0.350. The highest BCUT2D eigenvalue weighted by Gasteiger charge is 2.13. The Morgan fingerprint density at radius 2 is 2.31 bits per heavy atom. The molecule has 13 heavy (non-hydrogen) atoms. The van der Waals surface area contributed by atoms with Gasteiger partial charge < -0.3 is 5.11 Å². The van der Waals surface area contributed by atoms with Crippen molar-refractivity contribution in [1.29, 1.82) is 0 Å². The zero-order valence-electron chi connectivity index (χ0n) is 7.50. The van der Waals surface area contributed by atoms with Crippen molar-refractivity contribution in [3.05, 3.63) is 20.3 Å². The molecular formula is C9H11BrO2S. The molecule has 0 spiro atoms. The van der Waals surface area contributed by atoms with E-state index in [0.717, 1.165) is 11.3 Å². The third-order valence-electron chi connectivity index (χ3n) is 1.54. The Morgan fingerprint density at radius 1 is 1.69 bits per heavy atom. The van der Waals surface area contributed by atoms with Gasteiger partial charge in [-0.2, -0.15) is 0 Å². The van der Waals surface area contributed by atoms with Gasteiger partial charge in [-0.05, 0) is 34.3 Å². The van der Waals surface area contributed by atoms with E-state index in [-0.39, 0.29) is 0 Å². The highest BCUT2D eigenvalue weighted by Crippen LogP contribution is 2.28. The molecule has 1 N–H and O–H groups in total. The molecular weight excluding hydrogens is 252 g/mol. The Kier molecular flexibility index (Phi) is 3.50. The molecule has 1 heterocycles. The van der Waals surface area contributed by atoms with Crippen LogP contribution >= 0.6 is 27.3 Å². The van der Waals surface area contributed by atoms with Crippen LogP contribution in [0.3, 0.4) is 0 Å². The molecule has 72 valence electrons. The zero-order chi connectivity index (χ0) is 10.0. The maximum Gasteiger partial charge on any atom is 0.347 e. The summed E-state index contributed by atoms with van der Waals surface area (Å²) in [6.07, 6.45) is 0.941. The first-order valence-electron chi connectivity index (χ1n) is 4.02. The largest absolute Gasteiger partial charge is 0.477 e. The van der Waals surface area contributed by atoms with E-state index < -0.39 is 5.97 Å². The van der Waals surface area contributed by atoms with Crippen LogP contribution in [-0.4, -0.2) is 11.1 Å². The first-order chi connectivity index (χ1) is 6.00. The van der Waals surface area contributed by atoms with Crippen molar-refractivity contribution >= 4 is 33.2 Å². The van der Waals surface area contributed by atoms with Crippen LogP contribution < -0.4 is 0 Å². The molecule has 1 aromatic heterocycles. The highest BCUT2D eigenvalue weighted by molar-refractivity contribution is 9.10. The summed E-state index contributed by atoms with van der Waals surface area (Å²) in [5.41, 5.74) is 0. The van der Waals surface area contributed by atoms with E-state index in [1.807, 2.05) is 6.07 Å². The molecule has 0 radical (unpaired) electrons. The van der Waals surface area contributed by atoms with Crippen molar-refractivity contribution in [1.82, 2.24) is 0 Å². The van der Waals surface area contributed by atoms with Gasteiger partial charge in [-0.3, -0.25) is 0 Å². The normalized spacial score (nSPS) is 10.8. The van der Waals surface area contributed by atoms with Crippen molar-refractivity contribution in [3.63, 3.8) is 0 Å². The molecule has 1 aromatic rings. The summed E-state index contributed by atoms with van der Waals surface area (Å²) in [7, 11) is 0. The Bertz CT molecular complexity index is 317. The average molecular weight is 263 g/mol. The first-order valence-corrected chi connectivity index (χ1v) is 5.63. The fourth-order valence-corrected chi connectivity index (χ4v) is 3.00. The van der Waals surface area contributed by atoms with Gasteiger partial charge in [0.25, 0.3) is 0 Å². The van der Waals surface area contributed by atoms with Crippen molar-refractivity contribution in [3.8, 4) is 0 Å². The minimum Gasteiger partial charge on any atom is -0.477 e. The summed E-state index contributed by atoms with van der Waals surface area (Å²) < 4.78 is 0.695. The monoisotopic (exact) mass is 262 g/mol. The third-order valence-corrected chi connectivity index (χ3v) is 3.57. The molecule has 0 atom stereocenters. The Morgan fingerprint density at radius 3 is 2.69 bits per heavy atom. The molecule has 0 bridgehead atoms. The van der Waals surface area contributed by atoms with Gasteiger partial charge >= 0.3 is 5.97 Å². The number of hydrogen-bond donors (Lipinski definition) is 1. The van der Waals surface area contributed by atoms with E-state index in [4.69, 9.17) is 5.11 Å². The van der Waals surface area contributed by atoms with Crippen molar-refractivity contribution in [2.24, 2.45) is 5.92 Å². The molecule has 0 fully saturated rings. The predicted molar refractivity (Wildman–Crippen MR) is 57.5 cm³/mol. The van der Waals surface area contributed by atoms with Crippen molar-refractivity contribution < 1.29 is 9.90 Å². The standard InChI is InChI=1S/C9H11BrO2S/c1-5(2)3-6-4-7(10)8(13-6)9(11)12/h4-5H,3H2,1-2H3,(H,11,12). The Balaban J connectivity index is 2.89. The lowest BCUT2D eigenvalue weighted by molar-refractivity contribution is 0.0701. The summed E-state index contributed by atoms with van der Waals surface area (Å²) in [4.78, 5) is 12.2. The lowest BCUT2D eigenvalue weighted by Crippen LogP contribution is -1.92. The van der Waals surface area contributed by atoms with Gasteiger partial charge in [-0.15, -0.1) is 11.3 Å². The fourth-order valence-electron chi connectivity index (χ4n) is 1.06. The molecule has 0 unspecified atom stereocenters. The minimum absolute atomic E-state index is 0.399. The Labute approximate surface area is 89.7 Å². The highest BCUT2D eigenvalue weighted by atomic mass is 79.9. The van der Waals surface area contributed by atoms with E-state index in [0.29, 0.717) is 15.3 Å². The van der Waals surface area contributed by atoms with Gasteiger partial charge in [0.05, 0.1) is 0 Å². The van der Waals surface area contributed by atoms with Gasteiger partial charge in [0, 0.05) is 9.35 Å². The minimum atomic E-state index is -0.855. The number of aromatic carboxylic acids is 1. The van der Waals surface area contributed by atoms with Crippen LogP contribution in [-0.2, 0) is 6.42 Å². The first kappa shape index (κ1) is 10.7. The second-order valence-electron chi connectivity index (χ2n) is 3.29. The molecule has 1 rings (SSSR count). The number of thiophene rings is 1. The van der Waals surface area contributed by atoms with Gasteiger partial charge in [0.15, 0.2) is 0 Å². The topological polar surface area (TPSA) is 37.3 Å². The van der Waals surface area contributed by atoms with Gasteiger partial charge in [-0.1, -0.05) is 13.8 Å². The third kappa shape index (κ3) is 2.81. The summed E-state index contributed by atoms with van der Waals surface area (Å²) in [6, 6.07) is 1.90. The van der Waals surface area contributed by atoms with E-state index in [9.17, 15) is 4.79 Å². The van der Waals surface area contributed by atoms with E-state index >= 15 is 0 Å². The molecule has 0 aromatic carbocycles. The second kappa shape index (κ2) is 4.24. The number of rotatable bonds is 3. The van der Waals surface area contributed by atoms with Crippen LogP contribution in [0.25, 0.3) is 0 Å². The van der Waals surface area contributed by atoms with Gasteiger partial charge in [-0.25, -0.2) is 4.79 Å². The van der Waals surface area contributed by atoms with Crippen LogP contribution in [0, 0.1) is 5.92 Å². The van der Waals surface area contributed by atoms with Crippen LogP contribution in [0.1, 0.15) is 28.4 Å². The molecule has 0 aliphatic heterocycles. The number of carboxylic acid groups (broad SMARTS) is 1. The lowest BCUT2D eigenvalue weighted by atomic mass is 10.1. The zero-order valence-corrected chi connectivity index (χ0v) is 9.91. The van der Waals surface area contributed by atoms with Crippen molar-refractivity contribution in [2.45, 2.75) is 20.3 Å². The smallest absolute Gasteiger partial charge is 0.347 e. The number of carboxylic acids is 1. The maximum absolute atomic E-state index is 10.7. The van der Waals surface area contributed by atoms with Crippen LogP contribution in [0.2, 0.25) is 0 Å². The molecule has 0 saturated carbocycles. The maximum atomic E-state index is 10.7. The quantitative estimate of drug-likeness (QED) is 0.907. The molecule has 4 heteroatoms. The van der Waals surface area contributed by atoms with Crippen molar-refractivity contribution in [2.75, 3.05) is 0 Å². The lowest BCUT2D eigenvalue weighted by Gasteiger charge is -1.98. The molecule has 2 nitrogen and oxygen atoms in total. The van der Waals surface area contributed by atoms with Crippen LogP contribution in [0.5, 0.6) is 0 Å². The van der Waals surface area contributed by atoms with E-state index in [2.05, 4.69) is 29.8 Å². The fraction of sp³-hybridized carbons (Fsp3) is 0.444. The van der Waals surface area contributed by atoms with Gasteiger partial charge in [0.2, 0.25) is 0 Å². The molecule has 0 aliphatic carbocycles.